The van der Waals surface area contributed by atoms with Crippen LogP contribution in [0.15, 0.2) is 18.2 Å². The van der Waals surface area contributed by atoms with Crippen LogP contribution in [0.4, 0.5) is 0 Å². The van der Waals surface area contributed by atoms with E-state index in [-0.39, 0.29) is 17.6 Å². The molecule has 0 heterocycles. The molecule has 0 aliphatic heterocycles. The first-order chi connectivity index (χ1) is 8.89. The lowest BCUT2D eigenvalue weighted by atomic mass is 10.2. The van der Waals surface area contributed by atoms with E-state index in [1.54, 1.807) is 33.1 Å². The lowest BCUT2D eigenvalue weighted by Gasteiger charge is -2.11. The van der Waals surface area contributed by atoms with Gasteiger partial charge in [-0.3, -0.25) is 0 Å². The Morgan fingerprint density at radius 3 is 2.37 bits per heavy atom. The summed E-state index contributed by atoms with van der Waals surface area (Å²) < 4.78 is 33.9. The van der Waals surface area contributed by atoms with Crippen LogP contribution in [0.3, 0.4) is 0 Å². The van der Waals surface area contributed by atoms with E-state index in [0.29, 0.717) is 18.0 Å². The van der Waals surface area contributed by atoms with E-state index in [4.69, 9.17) is 15.2 Å². The van der Waals surface area contributed by atoms with Gasteiger partial charge in [-0.15, -0.1) is 0 Å². The highest BCUT2D eigenvalue weighted by molar-refractivity contribution is 7.91. The smallest absolute Gasteiger partial charge is 0.155 e. The molecule has 0 spiro atoms. The monoisotopic (exact) mass is 287 g/mol. The summed E-state index contributed by atoms with van der Waals surface area (Å²) in [7, 11) is -1.52. The van der Waals surface area contributed by atoms with Gasteiger partial charge in [-0.1, -0.05) is 0 Å². The van der Waals surface area contributed by atoms with Crippen LogP contribution < -0.4 is 15.2 Å². The van der Waals surface area contributed by atoms with Crippen LogP contribution in [-0.2, 0) is 16.4 Å². The molecule has 0 fully saturated rings. The van der Waals surface area contributed by atoms with Crippen molar-refractivity contribution in [1.29, 1.82) is 0 Å². The van der Waals surface area contributed by atoms with Crippen LogP contribution in [0.1, 0.15) is 19.4 Å². The van der Waals surface area contributed by atoms with E-state index >= 15 is 0 Å². The number of methoxy groups -OCH3 is 1. The predicted octanol–water partition coefficient (Wildman–Crippen LogP) is 1.36. The minimum atomic E-state index is -3.08. The highest BCUT2D eigenvalue weighted by atomic mass is 32.2. The summed E-state index contributed by atoms with van der Waals surface area (Å²) in [6, 6.07) is 5.31. The third-order valence-corrected chi connectivity index (χ3v) is 4.94. The normalized spacial score (nSPS) is 11.6. The molecule has 0 saturated heterocycles. The molecule has 1 rings (SSSR count). The molecule has 0 aliphatic carbocycles. The summed E-state index contributed by atoms with van der Waals surface area (Å²) in [5.41, 5.74) is 6.45. The van der Waals surface area contributed by atoms with Crippen molar-refractivity contribution >= 4 is 9.84 Å². The van der Waals surface area contributed by atoms with Crippen LogP contribution in [0, 0.1) is 0 Å². The zero-order valence-electron chi connectivity index (χ0n) is 11.5. The molecule has 0 bridgehead atoms. The maximum Gasteiger partial charge on any atom is 0.155 e. The van der Waals surface area contributed by atoms with Crippen molar-refractivity contribution in [2.45, 2.75) is 25.6 Å². The van der Waals surface area contributed by atoms with Crippen molar-refractivity contribution in [1.82, 2.24) is 0 Å². The second-order valence-electron chi connectivity index (χ2n) is 4.49. The summed E-state index contributed by atoms with van der Waals surface area (Å²) in [5.74, 6) is 1.21. The standard InChI is InChI=1S/C13H21NO4S/c1-10(2)19(15,16)5-4-18-13-7-11(9-14)6-12(8-13)17-3/h6-8,10H,4-5,9,14H2,1-3H3. The average molecular weight is 287 g/mol. The molecule has 0 aliphatic rings. The molecule has 0 saturated carbocycles. The van der Waals surface area contributed by atoms with Gasteiger partial charge in [0.25, 0.3) is 0 Å². The Morgan fingerprint density at radius 2 is 1.84 bits per heavy atom. The quantitative estimate of drug-likeness (QED) is 0.819. The Hall–Kier alpha value is -1.27. The van der Waals surface area contributed by atoms with Crippen molar-refractivity contribution in [2.24, 2.45) is 5.73 Å². The number of rotatable bonds is 7. The summed E-state index contributed by atoms with van der Waals surface area (Å²) in [5, 5.41) is -0.388. The van der Waals surface area contributed by atoms with Crippen LogP contribution in [0.2, 0.25) is 0 Å². The average Bonchev–Trinajstić information content (AvgIpc) is 2.37. The first kappa shape index (κ1) is 15.8. The van der Waals surface area contributed by atoms with Gasteiger partial charge in [-0.05, 0) is 31.5 Å². The fourth-order valence-electron chi connectivity index (χ4n) is 1.46. The van der Waals surface area contributed by atoms with E-state index < -0.39 is 9.84 Å². The molecule has 5 nitrogen and oxygen atoms in total. The number of ether oxygens (including phenoxy) is 2. The highest BCUT2D eigenvalue weighted by Crippen LogP contribution is 2.22. The Balaban J connectivity index is 2.68. The van der Waals surface area contributed by atoms with Gasteiger partial charge in [0.05, 0.1) is 18.1 Å². The van der Waals surface area contributed by atoms with E-state index in [2.05, 4.69) is 0 Å². The van der Waals surface area contributed by atoms with Gasteiger partial charge in [0.15, 0.2) is 9.84 Å². The van der Waals surface area contributed by atoms with Crippen molar-refractivity contribution in [3.05, 3.63) is 23.8 Å². The van der Waals surface area contributed by atoms with E-state index in [1.165, 1.54) is 0 Å². The summed E-state index contributed by atoms with van der Waals surface area (Å²) in [6.45, 7) is 3.82. The van der Waals surface area contributed by atoms with Crippen LogP contribution in [0.5, 0.6) is 11.5 Å². The molecule has 0 amide bonds. The van der Waals surface area contributed by atoms with Gasteiger partial charge in [0.1, 0.15) is 18.1 Å². The molecule has 0 aromatic heterocycles. The third-order valence-electron chi connectivity index (χ3n) is 2.77. The van der Waals surface area contributed by atoms with Gasteiger partial charge in [-0.2, -0.15) is 0 Å². The zero-order valence-corrected chi connectivity index (χ0v) is 12.4. The van der Waals surface area contributed by atoms with E-state index in [9.17, 15) is 8.42 Å². The number of hydrogen-bond donors (Lipinski definition) is 1. The molecular weight excluding hydrogens is 266 g/mol. The Kier molecular flexibility index (Phi) is 5.62. The SMILES string of the molecule is COc1cc(CN)cc(OCCS(=O)(=O)C(C)C)c1. The van der Waals surface area contributed by atoms with Crippen molar-refractivity contribution in [2.75, 3.05) is 19.5 Å². The fourth-order valence-corrected chi connectivity index (χ4v) is 2.25. The zero-order chi connectivity index (χ0) is 14.5. The molecule has 0 radical (unpaired) electrons. The summed E-state index contributed by atoms with van der Waals surface area (Å²) in [4.78, 5) is 0. The molecular formula is C13H21NO4S. The largest absolute Gasteiger partial charge is 0.497 e. The maximum atomic E-state index is 11.6. The first-order valence-electron chi connectivity index (χ1n) is 6.11. The lowest BCUT2D eigenvalue weighted by Crippen LogP contribution is -2.22. The van der Waals surface area contributed by atoms with Crippen LogP contribution in [0.25, 0.3) is 0 Å². The maximum absolute atomic E-state index is 11.6. The van der Waals surface area contributed by atoms with Gasteiger partial charge in [0, 0.05) is 12.6 Å². The summed E-state index contributed by atoms with van der Waals surface area (Å²) >= 11 is 0. The summed E-state index contributed by atoms with van der Waals surface area (Å²) in [6.07, 6.45) is 0. The topological polar surface area (TPSA) is 78.6 Å². The Labute approximate surface area is 114 Å². The predicted molar refractivity (Wildman–Crippen MR) is 75.3 cm³/mol. The molecule has 2 N–H and O–H groups in total. The van der Waals surface area contributed by atoms with Gasteiger partial charge in [-0.25, -0.2) is 8.42 Å². The number of nitrogens with two attached hydrogens (primary N) is 1. The van der Waals surface area contributed by atoms with Crippen molar-refractivity contribution in [3.63, 3.8) is 0 Å². The molecule has 0 unspecified atom stereocenters. The van der Waals surface area contributed by atoms with Crippen LogP contribution in [-0.4, -0.2) is 33.1 Å². The first-order valence-corrected chi connectivity index (χ1v) is 7.83. The van der Waals surface area contributed by atoms with Gasteiger partial charge < -0.3 is 15.2 Å². The van der Waals surface area contributed by atoms with Crippen molar-refractivity contribution in [3.8, 4) is 11.5 Å². The molecule has 1 aromatic carbocycles. The number of hydrogen-bond acceptors (Lipinski definition) is 5. The van der Waals surface area contributed by atoms with E-state index in [1.807, 2.05) is 6.07 Å². The van der Waals surface area contributed by atoms with E-state index in [0.717, 1.165) is 5.56 Å². The molecule has 0 atom stereocenters. The van der Waals surface area contributed by atoms with Gasteiger partial charge >= 0.3 is 0 Å². The lowest BCUT2D eigenvalue weighted by molar-refractivity contribution is 0.336. The Bertz CT molecular complexity index is 489. The minimum Gasteiger partial charge on any atom is -0.497 e. The molecule has 19 heavy (non-hydrogen) atoms. The second kappa shape index (κ2) is 6.77. The number of sulfone groups is 1. The highest BCUT2D eigenvalue weighted by Gasteiger charge is 2.15. The Morgan fingerprint density at radius 1 is 1.21 bits per heavy atom. The van der Waals surface area contributed by atoms with Crippen molar-refractivity contribution < 1.29 is 17.9 Å². The molecule has 1 aromatic rings. The van der Waals surface area contributed by atoms with Crippen LogP contribution >= 0.6 is 0 Å². The minimum absolute atomic E-state index is 0.000164. The van der Waals surface area contributed by atoms with Gasteiger partial charge in [0.2, 0.25) is 0 Å². The molecule has 108 valence electrons. The third kappa shape index (κ3) is 4.72. The molecule has 6 heteroatoms. The number of benzene rings is 1. The second-order valence-corrected chi connectivity index (χ2v) is 7.16. The fraction of sp³-hybridized carbons (Fsp3) is 0.538.